The zero-order valence-electron chi connectivity index (χ0n) is 21.5. The van der Waals surface area contributed by atoms with Crippen LogP contribution in [0.15, 0.2) is 65.6 Å². The Morgan fingerprint density at radius 1 is 0.868 bits per heavy atom. The molecule has 0 amide bonds. The molecule has 3 aromatic carbocycles. The zero-order valence-corrected chi connectivity index (χ0v) is 24.0. The highest BCUT2D eigenvalue weighted by molar-refractivity contribution is 7.92. The molecule has 1 aromatic heterocycles. The molecule has 0 saturated carbocycles. The van der Waals surface area contributed by atoms with Crippen molar-refractivity contribution in [1.82, 2.24) is 4.98 Å². The molecule has 0 spiro atoms. The minimum Gasteiger partial charge on any atom is -0.494 e. The standard InChI is InChI=1S/C27H31N3O5S2.ClH/c1-4-5-6-9-16-37(33,34)30-19-12-15-24(26(17-19)35-2)29-27-21-10-7-8-11-23(21)28-25-18-20(36(3,31)32)13-14-22(25)27;/h7-8,10-15,17-18,30H,4-6,9,16H2,1-3H3,(H,28,29);1H. The van der Waals surface area contributed by atoms with Crippen LogP contribution in [0, 0.1) is 0 Å². The van der Waals surface area contributed by atoms with Crippen molar-refractivity contribution in [2.24, 2.45) is 0 Å². The van der Waals surface area contributed by atoms with Crippen LogP contribution in [-0.2, 0) is 19.9 Å². The quantitative estimate of drug-likeness (QED) is 0.159. The Balaban J connectivity index is 0.00000400. The monoisotopic (exact) mass is 577 g/mol. The van der Waals surface area contributed by atoms with Gasteiger partial charge in [-0.05, 0) is 42.8 Å². The number of sulfone groups is 1. The molecule has 0 fully saturated rings. The number of fused-ring (bicyclic) bond motifs is 2. The second-order valence-electron chi connectivity index (χ2n) is 8.98. The predicted octanol–water partition coefficient (Wildman–Crippen LogP) is 6.29. The highest BCUT2D eigenvalue weighted by atomic mass is 35.5. The summed E-state index contributed by atoms with van der Waals surface area (Å²) in [4.78, 5) is 4.87. The first-order chi connectivity index (χ1) is 17.6. The molecule has 4 aromatic rings. The van der Waals surface area contributed by atoms with Gasteiger partial charge in [-0.25, -0.2) is 21.8 Å². The molecule has 8 nitrogen and oxygen atoms in total. The van der Waals surface area contributed by atoms with Gasteiger partial charge in [0.25, 0.3) is 0 Å². The van der Waals surface area contributed by atoms with Gasteiger partial charge in [-0.1, -0.05) is 44.4 Å². The molecule has 0 radical (unpaired) electrons. The summed E-state index contributed by atoms with van der Waals surface area (Å²) in [5.41, 5.74) is 3.02. The van der Waals surface area contributed by atoms with Gasteiger partial charge in [0.15, 0.2) is 9.84 Å². The predicted molar refractivity (Wildman–Crippen MR) is 157 cm³/mol. The minimum atomic E-state index is -3.47. The summed E-state index contributed by atoms with van der Waals surface area (Å²) in [6.07, 6.45) is 4.71. The third kappa shape index (κ3) is 6.86. The summed E-state index contributed by atoms with van der Waals surface area (Å²) in [5.74, 6) is 0.521. The van der Waals surface area contributed by atoms with Crippen LogP contribution in [0.4, 0.5) is 17.1 Å². The zero-order chi connectivity index (χ0) is 26.6. The number of pyridine rings is 1. The smallest absolute Gasteiger partial charge is 0.232 e. The molecule has 38 heavy (non-hydrogen) atoms. The van der Waals surface area contributed by atoms with Gasteiger partial charge >= 0.3 is 0 Å². The number of hydrogen-bond acceptors (Lipinski definition) is 7. The number of halogens is 1. The molecule has 0 bridgehead atoms. The summed E-state index contributed by atoms with van der Waals surface area (Å²) in [7, 11) is -5.35. The molecule has 2 N–H and O–H groups in total. The SMILES string of the molecule is CCCCCCS(=O)(=O)Nc1ccc(Nc2c3ccccc3nc3cc(S(C)(=O)=O)ccc23)c(OC)c1.Cl. The van der Waals surface area contributed by atoms with Crippen molar-refractivity contribution < 1.29 is 21.6 Å². The Bertz CT molecular complexity index is 1660. The molecule has 11 heteroatoms. The van der Waals surface area contributed by atoms with E-state index in [0.717, 1.165) is 35.7 Å². The van der Waals surface area contributed by atoms with Crippen molar-refractivity contribution in [2.75, 3.05) is 29.2 Å². The lowest BCUT2D eigenvalue weighted by molar-refractivity contribution is 0.417. The molecule has 0 aliphatic rings. The average molecular weight is 578 g/mol. The number of nitrogens with zero attached hydrogens (tertiary/aromatic N) is 1. The number of anilines is 3. The lowest BCUT2D eigenvalue weighted by Gasteiger charge is -2.17. The van der Waals surface area contributed by atoms with E-state index in [1.165, 1.54) is 13.4 Å². The van der Waals surface area contributed by atoms with Gasteiger partial charge in [0.05, 0.1) is 45.9 Å². The van der Waals surface area contributed by atoms with E-state index in [1.54, 1.807) is 36.4 Å². The Labute approximate surface area is 230 Å². The maximum absolute atomic E-state index is 12.5. The van der Waals surface area contributed by atoms with Crippen LogP contribution < -0.4 is 14.8 Å². The highest BCUT2D eigenvalue weighted by Gasteiger charge is 2.16. The van der Waals surface area contributed by atoms with Crippen LogP contribution in [0.1, 0.15) is 32.6 Å². The molecule has 1 heterocycles. The van der Waals surface area contributed by atoms with Crippen molar-refractivity contribution in [2.45, 2.75) is 37.5 Å². The van der Waals surface area contributed by atoms with Crippen LogP contribution in [0.25, 0.3) is 21.8 Å². The normalized spacial score (nSPS) is 11.8. The Morgan fingerprint density at radius 2 is 1.61 bits per heavy atom. The Morgan fingerprint density at radius 3 is 2.32 bits per heavy atom. The Kier molecular flexibility index (Phi) is 9.45. The number of methoxy groups -OCH3 is 1. The topological polar surface area (TPSA) is 114 Å². The fourth-order valence-electron chi connectivity index (χ4n) is 4.18. The van der Waals surface area contributed by atoms with Crippen molar-refractivity contribution in [3.05, 3.63) is 60.7 Å². The molecular formula is C27H32ClN3O5S2. The average Bonchev–Trinajstić information content (AvgIpc) is 2.86. The van der Waals surface area contributed by atoms with E-state index >= 15 is 0 Å². The second-order valence-corrected chi connectivity index (χ2v) is 12.8. The van der Waals surface area contributed by atoms with Crippen LogP contribution >= 0.6 is 12.4 Å². The number of aromatic nitrogens is 1. The first kappa shape index (κ1) is 29.5. The maximum atomic E-state index is 12.5. The van der Waals surface area contributed by atoms with Gasteiger partial charge in [0, 0.05) is 23.1 Å². The Hall–Kier alpha value is -3.08. The van der Waals surface area contributed by atoms with Gasteiger partial charge in [0.2, 0.25) is 10.0 Å². The van der Waals surface area contributed by atoms with Crippen molar-refractivity contribution in [1.29, 1.82) is 0 Å². The second kappa shape index (κ2) is 12.2. The number of hydrogen-bond donors (Lipinski definition) is 2. The van der Waals surface area contributed by atoms with E-state index in [1.807, 2.05) is 24.3 Å². The summed E-state index contributed by atoms with van der Waals surface area (Å²) < 4.78 is 57.5. The lowest BCUT2D eigenvalue weighted by Crippen LogP contribution is -2.16. The first-order valence-corrected chi connectivity index (χ1v) is 15.6. The van der Waals surface area contributed by atoms with Crippen molar-refractivity contribution >= 4 is 71.1 Å². The molecule has 0 atom stereocenters. The van der Waals surface area contributed by atoms with Gasteiger partial charge in [-0.15, -0.1) is 12.4 Å². The van der Waals surface area contributed by atoms with Crippen LogP contribution in [-0.4, -0.2) is 40.9 Å². The summed E-state index contributed by atoms with van der Waals surface area (Å²) in [5, 5.41) is 5.00. The molecule has 0 saturated heterocycles. The summed E-state index contributed by atoms with van der Waals surface area (Å²) in [6, 6.07) is 17.5. The third-order valence-corrected chi connectivity index (χ3v) is 8.57. The van der Waals surface area contributed by atoms with E-state index in [9.17, 15) is 16.8 Å². The van der Waals surface area contributed by atoms with Gasteiger partial charge in [0.1, 0.15) is 5.75 Å². The van der Waals surface area contributed by atoms with Crippen LogP contribution in [0.5, 0.6) is 5.75 Å². The number of nitrogens with one attached hydrogen (secondary N) is 2. The molecule has 204 valence electrons. The lowest BCUT2D eigenvalue weighted by atomic mass is 10.1. The van der Waals surface area contributed by atoms with Crippen LogP contribution in [0.3, 0.4) is 0 Å². The maximum Gasteiger partial charge on any atom is 0.232 e. The number of para-hydroxylation sites is 1. The summed E-state index contributed by atoms with van der Waals surface area (Å²) in [6.45, 7) is 2.08. The number of rotatable bonds is 11. The molecule has 4 rings (SSSR count). The van der Waals surface area contributed by atoms with E-state index < -0.39 is 19.9 Å². The fourth-order valence-corrected chi connectivity index (χ4v) is 5.99. The van der Waals surface area contributed by atoms with Gasteiger partial charge < -0.3 is 10.1 Å². The van der Waals surface area contributed by atoms with Gasteiger partial charge in [-0.3, -0.25) is 4.72 Å². The van der Waals surface area contributed by atoms with Crippen molar-refractivity contribution in [3.63, 3.8) is 0 Å². The fraction of sp³-hybridized carbons (Fsp3) is 0.296. The molecule has 0 aliphatic heterocycles. The van der Waals surface area contributed by atoms with E-state index in [-0.39, 0.29) is 23.1 Å². The van der Waals surface area contributed by atoms with E-state index in [0.29, 0.717) is 34.6 Å². The first-order valence-electron chi connectivity index (χ1n) is 12.1. The summed E-state index contributed by atoms with van der Waals surface area (Å²) >= 11 is 0. The number of ether oxygens (including phenoxy) is 1. The molecule has 0 aliphatic carbocycles. The third-order valence-electron chi connectivity index (χ3n) is 6.08. The number of sulfonamides is 1. The van der Waals surface area contributed by atoms with E-state index in [2.05, 4.69) is 21.9 Å². The number of benzene rings is 3. The van der Waals surface area contributed by atoms with Crippen LogP contribution in [0.2, 0.25) is 0 Å². The number of unbranched alkanes of at least 4 members (excludes halogenated alkanes) is 3. The van der Waals surface area contributed by atoms with Crippen molar-refractivity contribution in [3.8, 4) is 5.75 Å². The molecule has 0 unspecified atom stereocenters. The minimum absolute atomic E-state index is 0. The van der Waals surface area contributed by atoms with Gasteiger partial charge in [-0.2, -0.15) is 0 Å². The molecular weight excluding hydrogens is 546 g/mol. The largest absolute Gasteiger partial charge is 0.494 e. The highest BCUT2D eigenvalue weighted by Crippen LogP contribution is 2.37. The van der Waals surface area contributed by atoms with E-state index in [4.69, 9.17) is 4.74 Å².